The van der Waals surface area contributed by atoms with E-state index in [4.69, 9.17) is 10.5 Å². The molecule has 0 atom stereocenters. The van der Waals surface area contributed by atoms with Gasteiger partial charge in [-0.15, -0.1) is 0 Å². The minimum absolute atomic E-state index is 0.399. The molecule has 0 aliphatic rings. The second-order valence-electron chi connectivity index (χ2n) is 2.93. The largest absolute Gasteiger partial charge is 0.487 e. The summed E-state index contributed by atoms with van der Waals surface area (Å²) in [5.41, 5.74) is 5.98. The second kappa shape index (κ2) is 3.60. The van der Waals surface area contributed by atoms with Crippen molar-refractivity contribution < 1.29 is 13.5 Å². The van der Waals surface area contributed by atoms with Gasteiger partial charge in [0.05, 0.1) is 0 Å². The van der Waals surface area contributed by atoms with Crippen LogP contribution in [0.3, 0.4) is 0 Å². The topological polar surface area (TPSA) is 35.2 Å². The number of nitrogen functional groups attached to an aromatic ring is 1. The minimum Gasteiger partial charge on any atom is -0.487 e. The van der Waals surface area contributed by atoms with Gasteiger partial charge in [0.25, 0.3) is 5.92 Å². The Morgan fingerprint density at radius 3 is 2.31 bits per heavy atom. The van der Waals surface area contributed by atoms with E-state index in [1.165, 1.54) is 0 Å². The number of hydrogen-bond donors (Lipinski definition) is 1. The first kappa shape index (κ1) is 9.77. The van der Waals surface area contributed by atoms with Gasteiger partial charge in [-0.3, -0.25) is 0 Å². The van der Waals surface area contributed by atoms with Gasteiger partial charge in [-0.1, -0.05) is 0 Å². The lowest BCUT2D eigenvalue weighted by Gasteiger charge is -2.11. The molecule has 72 valence electrons. The molecule has 2 nitrogen and oxygen atoms in total. The van der Waals surface area contributed by atoms with Crippen LogP contribution in [-0.2, 0) is 0 Å². The number of benzene rings is 1. The molecule has 2 N–H and O–H groups in total. The normalized spacial score (nSPS) is 11.3. The van der Waals surface area contributed by atoms with Crippen LogP contribution in [0.4, 0.5) is 14.5 Å². The van der Waals surface area contributed by atoms with E-state index in [1.807, 2.05) is 0 Å². The first-order chi connectivity index (χ1) is 5.97. The van der Waals surface area contributed by atoms with E-state index in [-0.39, 0.29) is 0 Å². The number of nitrogens with two attached hydrogens (primary N) is 1. The Hall–Kier alpha value is -1.32. The first-order valence-corrected chi connectivity index (χ1v) is 3.83. The van der Waals surface area contributed by atoms with Gasteiger partial charge in [0, 0.05) is 12.6 Å². The van der Waals surface area contributed by atoms with E-state index in [0.717, 1.165) is 6.92 Å². The van der Waals surface area contributed by atoms with Crippen molar-refractivity contribution in [2.45, 2.75) is 12.8 Å². The lowest BCUT2D eigenvalue weighted by molar-refractivity contribution is -0.0229. The van der Waals surface area contributed by atoms with Crippen LogP contribution in [0, 0.1) is 0 Å². The SMILES string of the molecule is CC(F)(F)COc1ccc(N)cc1. The van der Waals surface area contributed by atoms with Crippen molar-refractivity contribution in [2.24, 2.45) is 0 Å². The van der Waals surface area contributed by atoms with Gasteiger partial charge >= 0.3 is 0 Å². The molecule has 0 unspecified atom stereocenters. The van der Waals surface area contributed by atoms with Gasteiger partial charge < -0.3 is 10.5 Å². The van der Waals surface area contributed by atoms with Crippen molar-refractivity contribution in [3.63, 3.8) is 0 Å². The van der Waals surface area contributed by atoms with Crippen molar-refractivity contribution in [1.82, 2.24) is 0 Å². The number of ether oxygens (including phenoxy) is 1. The Labute approximate surface area is 75.3 Å². The average Bonchev–Trinajstić information content (AvgIpc) is 2.02. The molecular weight excluding hydrogens is 176 g/mol. The van der Waals surface area contributed by atoms with Gasteiger partial charge in [0.15, 0.2) is 6.61 Å². The zero-order chi connectivity index (χ0) is 9.90. The number of alkyl halides is 2. The second-order valence-corrected chi connectivity index (χ2v) is 2.93. The monoisotopic (exact) mass is 187 g/mol. The molecule has 1 aromatic carbocycles. The van der Waals surface area contributed by atoms with Crippen molar-refractivity contribution in [1.29, 1.82) is 0 Å². The lowest BCUT2D eigenvalue weighted by atomic mass is 10.3. The van der Waals surface area contributed by atoms with Crippen molar-refractivity contribution in [3.8, 4) is 5.75 Å². The van der Waals surface area contributed by atoms with Crippen molar-refractivity contribution >= 4 is 5.69 Å². The fraction of sp³-hybridized carbons (Fsp3) is 0.333. The molecule has 0 radical (unpaired) electrons. The van der Waals surface area contributed by atoms with E-state index >= 15 is 0 Å². The zero-order valence-corrected chi connectivity index (χ0v) is 7.26. The summed E-state index contributed by atoms with van der Waals surface area (Å²) in [4.78, 5) is 0. The van der Waals surface area contributed by atoms with Crippen LogP contribution in [0.5, 0.6) is 5.75 Å². The van der Waals surface area contributed by atoms with Crippen LogP contribution in [0.2, 0.25) is 0 Å². The maximum Gasteiger partial charge on any atom is 0.278 e. The third-order valence-corrected chi connectivity index (χ3v) is 1.37. The van der Waals surface area contributed by atoms with Gasteiger partial charge in [0.1, 0.15) is 5.75 Å². The molecule has 0 fully saturated rings. The highest BCUT2D eigenvalue weighted by Gasteiger charge is 2.21. The number of hydrogen-bond acceptors (Lipinski definition) is 2. The minimum atomic E-state index is -2.80. The molecule has 0 saturated carbocycles. The molecule has 0 saturated heterocycles. The first-order valence-electron chi connectivity index (χ1n) is 3.83. The van der Waals surface area contributed by atoms with Gasteiger partial charge in [-0.05, 0) is 24.3 Å². The third-order valence-electron chi connectivity index (χ3n) is 1.37. The maximum absolute atomic E-state index is 12.3. The van der Waals surface area contributed by atoms with Gasteiger partial charge in [-0.25, -0.2) is 8.78 Å². The molecular formula is C9H11F2NO. The van der Waals surface area contributed by atoms with E-state index in [1.54, 1.807) is 24.3 Å². The summed E-state index contributed by atoms with van der Waals surface area (Å²) in [7, 11) is 0. The molecule has 4 heteroatoms. The summed E-state index contributed by atoms with van der Waals surface area (Å²) >= 11 is 0. The molecule has 1 aromatic rings. The zero-order valence-electron chi connectivity index (χ0n) is 7.26. The maximum atomic E-state index is 12.3. The predicted molar refractivity (Wildman–Crippen MR) is 47.0 cm³/mol. The van der Waals surface area contributed by atoms with Crippen LogP contribution in [0.15, 0.2) is 24.3 Å². The lowest BCUT2D eigenvalue weighted by Crippen LogP contribution is -2.20. The highest BCUT2D eigenvalue weighted by Crippen LogP contribution is 2.17. The number of anilines is 1. The summed E-state index contributed by atoms with van der Waals surface area (Å²) in [6.07, 6.45) is 0. The van der Waals surface area contributed by atoms with Gasteiger partial charge in [-0.2, -0.15) is 0 Å². The Bertz CT molecular complexity index is 266. The number of rotatable bonds is 3. The summed E-state index contributed by atoms with van der Waals surface area (Å²) in [5, 5.41) is 0. The van der Waals surface area contributed by atoms with Crippen LogP contribution in [-0.4, -0.2) is 12.5 Å². The van der Waals surface area contributed by atoms with Crippen LogP contribution in [0.25, 0.3) is 0 Å². The third kappa shape index (κ3) is 3.73. The molecule has 0 amide bonds. The summed E-state index contributed by atoms with van der Waals surface area (Å²) < 4.78 is 29.5. The van der Waals surface area contributed by atoms with E-state index < -0.39 is 12.5 Å². The Kier molecular flexibility index (Phi) is 2.70. The fourth-order valence-corrected chi connectivity index (χ4v) is 0.774. The van der Waals surface area contributed by atoms with Gasteiger partial charge in [0.2, 0.25) is 0 Å². The Morgan fingerprint density at radius 1 is 1.31 bits per heavy atom. The van der Waals surface area contributed by atoms with E-state index in [9.17, 15) is 8.78 Å². The van der Waals surface area contributed by atoms with Crippen LogP contribution < -0.4 is 10.5 Å². The van der Waals surface area contributed by atoms with E-state index in [0.29, 0.717) is 11.4 Å². The smallest absolute Gasteiger partial charge is 0.278 e. The molecule has 1 rings (SSSR count). The molecule has 0 bridgehead atoms. The van der Waals surface area contributed by atoms with Crippen molar-refractivity contribution in [2.75, 3.05) is 12.3 Å². The molecule has 0 spiro atoms. The van der Waals surface area contributed by atoms with E-state index in [2.05, 4.69) is 0 Å². The summed E-state index contributed by atoms with van der Waals surface area (Å²) in [5.74, 6) is -2.41. The van der Waals surface area contributed by atoms with Crippen LogP contribution in [0.1, 0.15) is 6.92 Å². The molecule has 0 aromatic heterocycles. The molecule has 0 aliphatic carbocycles. The fourth-order valence-electron chi connectivity index (χ4n) is 0.774. The highest BCUT2D eigenvalue weighted by atomic mass is 19.3. The summed E-state index contributed by atoms with van der Waals surface area (Å²) in [6, 6.07) is 6.31. The highest BCUT2D eigenvalue weighted by molar-refractivity contribution is 5.41. The average molecular weight is 187 g/mol. The standard InChI is InChI=1S/C9H11F2NO/c1-9(10,11)6-13-8-4-2-7(12)3-5-8/h2-5H,6,12H2,1H3. The molecule has 0 aliphatic heterocycles. The predicted octanol–water partition coefficient (Wildman–Crippen LogP) is 2.30. The number of halogens is 2. The Balaban J connectivity index is 2.51. The quantitative estimate of drug-likeness (QED) is 0.737. The molecule has 13 heavy (non-hydrogen) atoms. The molecule has 0 heterocycles. The van der Waals surface area contributed by atoms with Crippen molar-refractivity contribution in [3.05, 3.63) is 24.3 Å². The Morgan fingerprint density at radius 2 is 1.85 bits per heavy atom. The van der Waals surface area contributed by atoms with Crippen LogP contribution >= 0.6 is 0 Å². The summed E-state index contributed by atoms with van der Waals surface area (Å²) in [6.45, 7) is 0.196.